The van der Waals surface area contributed by atoms with Gasteiger partial charge in [-0.15, -0.1) is 0 Å². The van der Waals surface area contributed by atoms with Crippen LogP contribution in [0.25, 0.3) is 0 Å². The minimum Gasteiger partial charge on any atom is -0.493 e. The molecular weight excluding hydrogens is 325 g/mol. The maximum absolute atomic E-state index is 13.8. The summed E-state index contributed by atoms with van der Waals surface area (Å²) in [5.41, 5.74) is 2.26. The number of halogens is 2. The summed E-state index contributed by atoms with van der Waals surface area (Å²) in [5, 5.41) is 3.21. The van der Waals surface area contributed by atoms with Crippen molar-refractivity contribution in [1.82, 2.24) is 9.97 Å². The van der Waals surface area contributed by atoms with Crippen molar-refractivity contribution in [3.8, 4) is 5.75 Å². The minimum atomic E-state index is -0.369. The predicted octanol–water partition coefficient (Wildman–Crippen LogP) is 4.06. The number of aryl methyl sites for hydroxylation is 2. The summed E-state index contributed by atoms with van der Waals surface area (Å²) < 4.78 is 19.6. The third kappa shape index (κ3) is 2.75. The van der Waals surface area contributed by atoms with Crippen LogP contribution in [0, 0.1) is 26.6 Å². The van der Waals surface area contributed by atoms with Gasteiger partial charge in [0.1, 0.15) is 11.6 Å². The fraction of sp³-hybridized carbons (Fsp3) is 0.286. The summed E-state index contributed by atoms with van der Waals surface area (Å²) in [5.74, 6) is 1.16. The van der Waals surface area contributed by atoms with Gasteiger partial charge in [-0.1, -0.05) is 0 Å². The smallest absolute Gasteiger partial charge is 0.165 e. The highest BCUT2D eigenvalue weighted by molar-refractivity contribution is 9.10. The van der Waals surface area contributed by atoms with Crippen molar-refractivity contribution in [3.05, 3.63) is 39.5 Å². The lowest BCUT2D eigenvalue weighted by molar-refractivity contribution is 0.383. The normalized spacial score (nSPS) is 10.5. The molecule has 0 unspecified atom stereocenters. The Morgan fingerprint density at radius 3 is 2.65 bits per heavy atom. The van der Waals surface area contributed by atoms with Crippen LogP contribution in [0.4, 0.5) is 15.9 Å². The first-order chi connectivity index (χ1) is 9.43. The molecule has 6 heteroatoms. The molecule has 0 saturated heterocycles. The van der Waals surface area contributed by atoms with Gasteiger partial charge in [0, 0.05) is 17.4 Å². The Morgan fingerprint density at radius 1 is 1.30 bits per heavy atom. The van der Waals surface area contributed by atoms with Crippen molar-refractivity contribution in [3.63, 3.8) is 0 Å². The van der Waals surface area contributed by atoms with E-state index < -0.39 is 0 Å². The molecule has 0 saturated carbocycles. The van der Waals surface area contributed by atoms with E-state index in [0.29, 0.717) is 17.2 Å². The van der Waals surface area contributed by atoms with Gasteiger partial charge < -0.3 is 10.1 Å². The molecule has 0 spiro atoms. The number of hydrogen-bond acceptors (Lipinski definition) is 4. The Hall–Kier alpha value is -1.69. The number of benzene rings is 1. The molecule has 0 bridgehead atoms. The molecule has 1 heterocycles. The fourth-order valence-corrected chi connectivity index (χ4v) is 2.31. The Kier molecular flexibility index (Phi) is 4.23. The van der Waals surface area contributed by atoms with E-state index in [-0.39, 0.29) is 11.6 Å². The monoisotopic (exact) mass is 339 g/mol. The van der Waals surface area contributed by atoms with Crippen molar-refractivity contribution >= 4 is 27.4 Å². The summed E-state index contributed by atoms with van der Waals surface area (Å²) >= 11 is 3.39. The molecule has 0 amide bonds. The van der Waals surface area contributed by atoms with Gasteiger partial charge in [-0.25, -0.2) is 14.4 Å². The number of rotatable bonds is 3. The van der Waals surface area contributed by atoms with Crippen LogP contribution in [0.1, 0.15) is 17.0 Å². The van der Waals surface area contributed by atoms with E-state index in [1.807, 2.05) is 13.8 Å². The molecule has 0 fully saturated rings. The van der Waals surface area contributed by atoms with E-state index in [1.165, 1.54) is 13.2 Å². The van der Waals surface area contributed by atoms with Crippen LogP contribution in [0.2, 0.25) is 0 Å². The number of anilines is 2. The molecule has 1 N–H and O–H groups in total. The standard InChI is InChI=1S/C14H15BrFN3O/c1-7-5-11(16)13(20-4)8(2)12(7)19-14-10(15)6-17-9(3)18-14/h5-6H,1-4H3,(H,17,18,19). The summed E-state index contributed by atoms with van der Waals surface area (Å²) in [7, 11) is 1.45. The van der Waals surface area contributed by atoms with Crippen LogP contribution in [0.15, 0.2) is 16.7 Å². The predicted molar refractivity (Wildman–Crippen MR) is 80.2 cm³/mol. The highest BCUT2D eigenvalue weighted by Crippen LogP contribution is 2.34. The lowest BCUT2D eigenvalue weighted by Crippen LogP contribution is -2.04. The number of hydrogen-bond donors (Lipinski definition) is 1. The number of methoxy groups -OCH3 is 1. The molecular formula is C14H15BrFN3O. The molecule has 2 aromatic rings. The zero-order valence-electron chi connectivity index (χ0n) is 11.7. The molecule has 0 radical (unpaired) electrons. The van der Waals surface area contributed by atoms with E-state index in [9.17, 15) is 4.39 Å². The van der Waals surface area contributed by atoms with Crippen molar-refractivity contribution in [1.29, 1.82) is 0 Å². The minimum absolute atomic E-state index is 0.236. The molecule has 1 aromatic heterocycles. The molecule has 0 atom stereocenters. The van der Waals surface area contributed by atoms with Crippen molar-refractivity contribution in [2.75, 3.05) is 12.4 Å². The van der Waals surface area contributed by atoms with Gasteiger partial charge in [0.25, 0.3) is 0 Å². The Bertz CT molecular complexity index is 661. The zero-order chi connectivity index (χ0) is 14.9. The van der Waals surface area contributed by atoms with Crippen LogP contribution in [-0.4, -0.2) is 17.1 Å². The second kappa shape index (κ2) is 5.75. The molecule has 106 valence electrons. The van der Waals surface area contributed by atoms with E-state index in [0.717, 1.165) is 15.7 Å². The number of ether oxygens (including phenoxy) is 1. The van der Waals surface area contributed by atoms with Gasteiger partial charge in [0.05, 0.1) is 11.6 Å². The maximum Gasteiger partial charge on any atom is 0.165 e. The van der Waals surface area contributed by atoms with E-state index >= 15 is 0 Å². The molecule has 0 aliphatic rings. The molecule has 1 aromatic carbocycles. The van der Waals surface area contributed by atoms with Gasteiger partial charge in [0.2, 0.25) is 0 Å². The zero-order valence-corrected chi connectivity index (χ0v) is 13.3. The van der Waals surface area contributed by atoms with Crippen LogP contribution >= 0.6 is 15.9 Å². The Labute approximate surface area is 125 Å². The maximum atomic E-state index is 13.8. The van der Waals surface area contributed by atoms with Gasteiger partial charge >= 0.3 is 0 Å². The highest BCUT2D eigenvalue weighted by Gasteiger charge is 2.15. The van der Waals surface area contributed by atoms with Crippen LogP contribution in [-0.2, 0) is 0 Å². The second-order valence-electron chi connectivity index (χ2n) is 4.45. The van der Waals surface area contributed by atoms with Gasteiger partial charge in [0.15, 0.2) is 11.6 Å². The van der Waals surface area contributed by atoms with E-state index in [1.54, 1.807) is 13.1 Å². The summed E-state index contributed by atoms with van der Waals surface area (Å²) in [6.45, 7) is 5.45. The molecule has 4 nitrogen and oxygen atoms in total. The number of nitrogens with one attached hydrogen (secondary N) is 1. The lowest BCUT2D eigenvalue weighted by Gasteiger charge is -2.16. The van der Waals surface area contributed by atoms with Crippen molar-refractivity contribution in [2.24, 2.45) is 0 Å². The number of nitrogens with zero attached hydrogens (tertiary/aromatic N) is 2. The van der Waals surface area contributed by atoms with E-state index in [2.05, 4.69) is 31.2 Å². The summed E-state index contributed by atoms with van der Waals surface area (Å²) in [4.78, 5) is 8.42. The molecule has 2 rings (SSSR count). The first kappa shape index (κ1) is 14.7. The molecule has 0 aliphatic heterocycles. The van der Waals surface area contributed by atoms with Crippen LogP contribution in [0.5, 0.6) is 5.75 Å². The fourth-order valence-electron chi connectivity index (χ4n) is 2.02. The van der Waals surface area contributed by atoms with Gasteiger partial charge in [-0.3, -0.25) is 0 Å². The first-order valence-corrected chi connectivity index (χ1v) is 6.83. The van der Waals surface area contributed by atoms with Crippen molar-refractivity contribution in [2.45, 2.75) is 20.8 Å². The van der Waals surface area contributed by atoms with Gasteiger partial charge in [-0.05, 0) is 48.3 Å². The lowest BCUT2D eigenvalue weighted by atomic mass is 10.1. The van der Waals surface area contributed by atoms with Gasteiger partial charge in [-0.2, -0.15) is 0 Å². The Morgan fingerprint density at radius 2 is 2.00 bits per heavy atom. The quantitative estimate of drug-likeness (QED) is 0.916. The molecule has 0 aliphatic carbocycles. The average molecular weight is 340 g/mol. The van der Waals surface area contributed by atoms with Crippen LogP contribution in [0.3, 0.4) is 0 Å². The number of aromatic nitrogens is 2. The van der Waals surface area contributed by atoms with E-state index in [4.69, 9.17) is 4.74 Å². The third-order valence-electron chi connectivity index (χ3n) is 2.98. The average Bonchev–Trinajstić information content (AvgIpc) is 2.38. The highest BCUT2D eigenvalue weighted by atomic mass is 79.9. The SMILES string of the molecule is COc1c(F)cc(C)c(Nc2nc(C)ncc2Br)c1C. The van der Waals surface area contributed by atoms with Crippen molar-refractivity contribution < 1.29 is 9.13 Å². The Balaban J connectivity index is 2.51. The summed E-state index contributed by atoms with van der Waals surface area (Å²) in [6, 6.07) is 1.44. The first-order valence-electron chi connectivity index (χ1n) is 6.04. The topological polar surface area (TPSA) is 47.0 Å². The molecule has 20 heavy (non-hydrogen) atoms. The second-order valence-corrected chi connectivity index (χ2v) is 5.30. The largest absolute Gasteiger partial charge is 0.493 e. The third-order valence-corrected chi connectivity index (χ3v) is 3.56. The summed E-state index contributed by atoms with van der Waals surface area (Å²) in [6.07, 6.45) is 1.68. The van der Waals surface area contributed by atoms with Crippen LogP contribution < -0.4 is 10.1 Å².